The lowest BCUT2D eigenvalue weighted by Gasteiger charge is -2.03. The number of benzene rings is 2. The molecule has 1 heterocycles. The van der Waals surface area contributed by atoms with Crippen LogP contribution in [0.5, 0.6) is 0 Å². The van der Waals surface area contributed by atoms with E-state index in [-0.39, 0.29) is 28.2 Å². The summed E-state index contributed by atoms with van der Waals surface area (Å²) >= 11 is 9.24. The number of nitro benzene ring substituents is 1. The van der Waals surface area contributed by atoms with Crippen molar-refractivity contribution in [3.8, 4) is 11.5 Å². The minimum Gasteiger partial charge on any atom is -0.403 e. The fourth-order valence-corrected chi connectivity index (χ4v) is 2.42. The fraction of sp³-hybridized carbons (Fsp3) is 0. The molecule has 1 N–H and O–H groups in total. The summed E-state index contributed by atoms with van der Waals surface area (Å²) in [5.41, 5.74) is 0.347. The van der Waals surface area contributed by atoms with Crippen LogP contribution in [0, 0.1) is 10.1 Å². The number of rotatable bonds is 4. The van der Waals surface area contributed by atoms with Gasteiger partial charge >= 0.3 is 6.01 Å². The molecule has 0 bridgehead atoms. The van der Waals surface area contributed by atoms with Crippen molar-refractivity contribution in [2.24, 2.45) is 0 Å². The zero-order valence-electron chi connectivity index (χ0n) is 12.3. The van der Waals surface area contributed by atoms with Crippen molar-refractivity contribution in [1.82, 2.24) is 10.2 Å². The van der Waals surface area contributed by atoms with Crippen LogP contribution in [0.3, 0.4) is 0 Å². The molecule has 0 fully saturated rings. The molecule has 0 aliphatic heterocycles. The standard InChI is InChI=1S/C15H8BrClN4O4/c16-9-3-1-8(2-4-9)14-19-20-15(25-14)18-13(22)11-7-10(21(23)24)5-6-12(11)17/h1-7H,(H,18,20,22). The first-order valence-electron chi connectivity index (χ1n) is 6.79. The number of carbonyl (C=O) groups excluding carboxylic acids is 1. The first-order chi connectivity index (χ1) is 11.9. The van der Waals surface area contributed by atoms with E-state index in [1.807, 2.05) is 0 Å². The summed E-state index contributed by atoms with van der Waals surface area (Å²) in [6.07, 6.45) is 0. The summed E-state index contributed by atoms with van der Waals surface area (Å²) in [4.78, 5) is 22.4. The summed E-state index contributed by atoms with van der Waals surface area (Å²) in [6.45, 7) is 0. The van der Waals surface area contributed by atoms with E-state index in [4.69, 9.17) is 16.0 Å². The van der Waals surface area contributed by atoms with E-state index in [0.29, 0.717) is 5.56 Å². The molecular weight excluding hydrogens is 416 g/mol. The molecule has 1 amide bonds. The van der Waals surface area contributed by atoms with Gasteiger partial charge in [0.2, 0.25) is 5.89 Å². The maximum atomic E-state index is 12.2. The van der Waals surface area contributed by atoms with E-state index in [1.54, 1.807) is 24.3 Å². The number of amides is 1. The van der Waals surface area contributed by atoms with Crippen LogP contribution in [0.15, 0.2) is 51.4 Å². The number of non-ortho nitro benzene ring substituents is 1. The van der Waals surface area contributed by atoms with Gasteiger partial charge in [0.25, 0.3) is 11.6 Å². The Morgan fingerprint density at radius 3 is 2.60 bits per heavy atom. The lowest BCUT2D eigenvalue weighted by Crippen LogP contribution is -2.13. The molecule has 0 atom stereocenters. The smallest absolute Gasteiger partial charge is 0.322 e. The highest BCUT2D eigenvalue weighted by molar-refractivity contribution is 9.10. The molecule has 25 heavy (non-hydrogen) atoms. The molecule has 10 heteroatoms. The highest BCUT2D eigenvalue weighted by atomic mass is 79.9. The van der Waals surface area contributed by atoms with Gasteiger partial charge in [0.05, 0.1) is 15.5 Å². The van der Waals surface area contributed by atoms with Gasteiger partial charge in [-0.3, -0.25) is 20.2 Å². The van der Waals surface area contributed by atoms with Crippen molar-refractivity contribution in [1.29, 1.82) is 0 Å². The van der Waals surface area contributed by atoms with Crippen LogP contribution < -0.4 is 5.32 Å². The van der Waals surface area contributed by atoms with Crippen LogP contribution in [0.4, 0.5) is 11.7 Å². The van der Waals surface area contributed by atoms with Crippen LogP contribution in [0.2, 0.25) is 5.02 Å². The second kappa shape index (κ2) is 6.99. The molecule has 0 unspecified atom stereocenters. The normalized spacial score (nSPS) is 10.5. The second-order valence-electron chi connectivity index (χ2n) is 4.79. The Kier molecular flexibility index (Phi) is 4.77. The van der Waals surface area contributed by atoms with Gasteiger partial charge in [0, 0.05) is 22.2 Å². The number of nitrogens with one attached hydrogen (secondary N) is 1. The first-order valence-corrected chi connectivity index (χ1v) is 7.96. The van der Waals surface area contributed by atoms with Gasteiger partial charge < -0.3 is 4.42 Å². The number of aromatic nitrogens is 2. The molecule has 0 spiro atoms. The van der Waals surface area contributed by atoms with Crippen LogP contribution in [0.1, 0.15) is 10.4 Å². The predicted octanol–water partition coefficient (Wildman–Crippen LogP) is 4.31. The third-order valence-corrected chi connectivity index (χ3v) is 4.00. The Hall–Kier alpha value is -2.78. The molecule has 0 saturated carbocycles. The van der Waals surface area contributed by atoms with Crippen LogP contribution >= 0.6 is 27.5 Å². The van der Waals surface area contributed by atoms with E-state index in [1.165, 1.54) is 12.1 Å². The van der Waals surface area contributed by atoms with Crippen LogP contribution in [0.25, 0.3) is 11.5 Å². The molecule has 126 valence electrons. The fourth-order valence-electron chi connectivity index (χ4n) is 1.95. The number of hydrogen-bond acceptors (Lipinski definition) is 6. The Morgan fingerprint density at radius 1 is 1.20 bits per heavy atom. The van der Waals surface area contributed by atoms with Crippen LogP contribution in [-0.2, 0) is 0 Å². The Balaban J connectivity index is 1.81. The second-order valence-corrected chi connectivity index (χ2v) is 6.12. The molecule has 0 saturated heterocycles. The van der Waals surface area contributed by atoms with E-state index in [0.717, 1.165) is 10.5 Å². The largest absolute Gasteiger partial charge is 0.403 e. The van der Waals surface area contributed by atoms with Gasteiger partial charge in [-0.25, -0.2) is 0 Å². The molecule has 8 nitrogen and oxygen atoms in total. The number of anilines is 1. The van der Waals surface area contributed by atoms with Crippen molar-refractivity contribution < 1.29 is 14.1 Å². The van der Waals surface area contributed by atoms with Gasteiger partial charge in [-0.15, -0.1) is 5.10 Å². The zero-order chi connectivity index (χ0) is 18.0. The van der Waals surface area contributed by atoms with E-state index in [9.17, 15) is 14.9 Å². The summed E-state index contributed by atoms with van der Waals surface area (Å²) in [6, 6.07) is 10.5. The molecule has 0 aliphatic carbocycles. The van der Waals surface area contributed by atoms with Gasteiger partial charge in [-0.2, -0.15) is 0 Å². The number of halogens is 2. The van der Waals surface area contributed by atoms with Crippen molar-refractivity contribution in [2.75, 3.05) is 5.32 Å². The van der Waals surface area contributed by atoms with Gasteiger partial charge in [0.15, 0.2) is 0 Å². The Bertz CT molecular complexity index is 958. The first kappa shape index (κ1) is 17.1. The predicted molar refractivity (Wildman–Crippen MR) is 93.5 cm³/mol. The van der Waals surface area contributed by atoms with Crippen molar-refractivity contribution in [3.63, 3.8) is 0 Å². The molecule has 3 rings (SSSR count). The third kappa shape index (κ3) is 3.83. The molecule has 2 aromatic carbocycles. The van der Waals surface area contributed by atoms with Crippen molar-refractivity contribution in [3.05, 3.63) is 67.6 Å². The molecule has 0 aliphatic rings. The Morgan fingerprint density at radius 2 is 1.92 bits per heavy atom. The summed E-state index contributed by atoms with van der Waals surface area (Å²) in [5, 5.41) is 20.8. The molecule has 0 radical (unpaired) electrons. The Labute approximate surface area is 154 Å². The molecular formula is C15H8BrClN4O4. The minimum atomic E-state index is -0.695. The number of nitro groups is 1. The molecule has 1 aromatic heterocycles. The maximum absolute atomic E-state index is 12.2. The maximum Gasteiger partial charge on any atom is 0.322 e. The zero-order valence-corrected chi connectivity index (χ0v) is 14.6. The lowest BCUT2D eigenvalue weighted by molar-refractivity contribution is -0.384. The number of carbonyl (C=O) groups is 1. The summed E-state index contributed by atoms with van der Waals surface area (Å²) in [5.74, 6) is -0.479. The molecule has 3 aromatic rings. The van der Waals surface area contributed by atoms with Gasteiger partial charge in [-0.05, 0) is 30.3 Å². The highest BCUT2D eigenvalue weighted by Crippen LogP contribution is 2.25. The minimum absolute atomic E-state index is 0.0655. The average Bonchev–Trinajstić information content (AvgIpc) is 3.04. The van der Waals surface area contributed by atoms with Crippen LogP contribution in [-0.4, -0.2) is 21.0 Å². The average molecular weight is 424 g/mol. The monoisotopic (exact) mass is 422 g/mol. The number of nitrogens with zero attached hydrogens (tertiary/aromatic N) is 3. The van der Waals surface area contributed by atoms with Gasteiger partial charge in [0.1, 0.15) is 0 Å². The highest BCUT2D eigenvalue weighted by Gasteiger charge is 2.18. The lowest BCUT2D eigenvalue weighted by atomic mass is 10.2. The van der Waals surface area contributed by atoms with Gasteiger partial charge in [-0.1, -0.05) is 32.6 Å². The summed E-state index contributed by atoms with van der Waals surface area (Å²) < 4.78 is 6.27. The quantitative estimate of drug-likeness (QED) is 0.494. The summed E-state index contributed by atoms with van der Waals surface area (Å²) in [7, 11) is 0. The SMILES string of the molecule is O=C(Nc1nnc(-c2ccc(Br)cc2)o1)c1cc([N+](=O)[O-])ccc1Cl. The topological polar surface area (TPSA) is 111 Å². The van der Waals surface area contributed by atoms with E-state index < -0.39 is 10.8 Å². The number of hydrogen-bond donors (Lipinski definition) is 1. The van der Waals surface area contributed by atoms with E-state index >= 15 is 0 Å². The van der Waals surface area contributed by atoms with Crippen molar-refractivity contribution >= 4 is 45.1 Å². The van der Waals surface area contributed by atoms with E-state index in [2.05, 4.69) is 31.4 Å². The third-order valence-electron chi connectivity index (χ3n) is 3.14. The van der Waals surface area contributed by atoms with Crippen molar-refractivity contribution in [2.45, 2.75) is 0 Å².